The molecule has 2 rings (SSSR count). The van der Waals surface area contributed by atoms with E-state index in [4.69, 9.17) is 0 Å². The van der Waals surface area contributed by atoms with Gasteiger partial charge in [-0.25, -0.2) is 0 Å². The Labute approximate surface area is 69.6 Å². The van der Waals surface area contributed by atoms with Gasteiger partial charge >= 0.3 is 0 Å². The van der Waals surface area contributed by atoms with Crippen molar-refractivity contribution >= 4 is 0 Å². The van der Waals surface area contributed by atoms with E-state index in [9.17, 15) is 20.4 Å². The van der Waals surface area contributed by atoms with Gasteiger partial charge in [0.05, 0.1) is 6.10 Å². The molecule has 2 bridgehead atoms. The van der Waals surface area contributed by atoms with Crippen LogP contribution in [-0.2, 0) is 0 Å². The van der Waals surface area contributed by atoms with Crippen LogP contribution in [0.4, 0.5) is 0 Å². The third kappa shape index (κ3) is 0.915. The van der Waals surface area contributed by atoms with E-state index in [1.54, 1.807) is 0 Å². The lowest BCUT2D eigenvalue weighted by Crippen LogP contribution is -2.67. The molecule has 0 amide bonds. The third-order valence-electron chi connectivity index (χ3n) is 2.85. The van der Waals surface area contributed by atoms with E-state index < -0.39 is 24.0 Å². The summed E-state index contributed by atoms with van der Waals surface area (Å²) in [6.45, 7) is 0. The molecule has 5 N–H and O–H groups in total. The Hall–Kier alpha value is -0.200. The lowest BCUT2D eigenvalue weighted by atomic mass is 9.94. The number of aliphatic hydroxyl groups is 4. The van der Waals surface area contributed by atoms with Crippen molar-refractivity contribution < 1.29 is 20.4 Å². The van der Waals surface area contributed by atoms with Crippen molar-refractivity contribution in [3.05, 3.63) is 0 Å². The van der Waals surface area contributed by atoms with E-state index >= 15 is 0 Å². The highest BCUT2D eigenvalue weighted by molar-refractivity contribution is 5.07. The molecular formula is C7H13NO4. The maximum atomic E-state index is 9.65. The van der Waals surface area contributed by atoms with Crippen LogP contribution in [0, 0.1) is 0 Å². The lowest BCUT2D eigenvalue weighted by Gasteiger charge is -2.40. The fourth-order valence-corrected chi connectivity index (χ4v) is 2.04. The van der Waals surface area contributed by atoms with Gasteiger partial charge in [0.1, 0.15) is 17.9 Å². The Morgan fingerprint density at radius 3 is 2.50 bits per heavy atom. The van der Waals surface area contributed by atoms with Crippen LogP contribution in [-0.4, -0.2) is 50.5 Å². The van der Waals surface area contributed by atoms with Gasteiger partial charge in [-0.05, 0) is 12.8 Å². The van der Waals surface area contributed by atoms with Gasteiger partial charge in [-0.3, -0.25) is 5.32 Å². The van der Waals surface area contributed by atoms with Gasteiger partial charge in [-0.2, -0.15) is 0 Å². The first-order valence-corrected chi connectivity index (χ1v) is 4.09. The largest absolute Gasteiger partial charge is 0.389 e. The summed E-state index contributed by atoms with van der Waals surface area (Å²) in [4.78, 5) is 0. The second-order valence-electron chi connectivity index (χ2n) is 3.64. The normalized spacial score (nSPS) is 59.0. The first kappa shape index (κ1) is 8.40. The molecule has 2 fully saturated rings. The molecule has 0 unspecified atom stereocenters. The topological polar surface area (TPSA) is 93.0 Å². The van der Waals surface area contributed by atoms with E-state index in [2.05, 4.69) is 5.32 Å². The van der Waals surface area contributed by atoms with Crippen LogP contribution in [0.3, 0.4) is 0 Å². The maximum Gasteiger partial charge on any atom is 0.145 e. The van der Waals surface area contributed by atoms with Gasteiger partial charge < -0.3 is 20.4 Å². The molecule has 5 nitrogen and oxygen atoms in total. The molecule has 0 saturated carbocycles. The molecule has 5 heteroatoms. The molecule has 0 aromatic carbocycles. The number of hydrogen-bond donors (Lipinski definition) is 5. The molecule has 0 aromatic rings. The van der Waals surface area contributed by atoms with Crippen LogP contribution in [0.1, 0.15) is 12.8 Å². The van der Waals surface area contributed by atoms with Crippen LogP contribution < -0.4 is 5.32 Å². The standard InChI is InChI=1S/C7H13NO4/c9-4-3-1-2-7(12,8-3)6(11)5(4)10/h3-6,8-12H,1-2H2/t3-,4+,5-,6+,7+/m0/s1. The summed E-state index contributed by atoms with van der Waals surface area (Å²) >= 11 is 0. The van der Waals surface area contributed by atoms with E-state index in [0.29, 0.717) is 12.8 Å². The van der Waals surface area contributed by atoms with Crippen molar-refractivity contribution in [1.29, 1.82) is 0 Å². The van der Waals surface area contributed by atoms with Crippen molar-refractivity contribution in [2.45, 2.75) is 42.9 Å². The Morgan fingerprint density at radius 1 is 1.17 bits per heavy atom. The molecule has 2 aliphatic heterocycles. The smallest absolute Gasteiger partial charge is 0.145 e. The predicted octanol–water partition coefficient (Wildman–Crippen LogP) is -2.48. The van der Waals surface area contributed by atoms with Gasteiger partial charge in [-0.1, -0.05) is 0 Å². The van der Waals surface area contributed by atoms with E-state index in [1.165, 1.54) is 0 Å². The molecule has 2 heterocycles. The fraction of sp³-hybridized carbons (Fsp3) is 1.00. The van der Waals surface area contributed by atoms with Gasteiger partial charge in [0.25, 0.3) is 0 Å². The van der Waals surface area contributed by atoms with Crippen LogP contribution in [0.2, 0.25) is 0 Å². The molecule has 70 valence electrons. The molecule has 0 aromatic heterocycles. The minimum atomic E-state index is -1.40. The molecule has 2 saturated heterocycles. The Balaban J connectivity index is 2.25. The zero-order valence-electron chi connectivity index (χ0n) is 6.51. The Bertz CT molecular complexity index is 200. The fourth-order valence-electron chi connectivity index (χ4n) is 2.04. The van der Waals surface area contributed by atoms with Gasteiger partial charge in [0, 0.05) is 6.04 Å². The van der Waals surface area contributed by atoms with Crippen LogP contribution in [0.15, 0.2) is 0 Å². The summed E-state index contributed by atoms with van der Waals surface area (Å²) in [5.41, 5.74) is -1.40. The summed E-state index contributed by atoms with van der Waals surface area (Å²) in [5.74, 6) is 0. The van der Waals surface area contributed by atoms with E-state index in [1.807, 2.05) is 0 Å². The summed E-state index contributed by atoms with van der Waals surface area (Å²) in [7, 11) is 0. The molecule has 0 spiro atoms. The number of rotatable bonds is 0. The molecule has 2 aliphatic rings. The quantitative estimate of drug-likeness (QED) is 0.281. The Kier molecular flexibility index (Phi) is 1.68. The van der Waals surface area contributed by atoms with Crippen LogP contribution in [0.5, 0.6) is 0 Å². The zero-order chi connectivity index (χ0) is 8.93. The minimum Gasteiger partial charge on any atom is -0.389 e. The van der Waals surface area contributed by atoms with Crippen LogP contribution >= 0.6 is 0 Å². The SMILES string of the molecule is O[C@H]1[C@H](O)[C@@H](O)[C@]2(O)CC[C@@H]1N2. The van der Waals surface area contributed by atoms with Crippen molar-refractivity contribution in [1.82, 2.24) is 5.32 Å². The number of aliphatic hydroxyl groups excluding tert-OH is 3. The number of nitrogens with one attached hydrogen (secondary N) is 1. The molecule has 5 atom stereocenters. The van der Waals surface area contributed by atoms with Gasteiger partial charge in [-0.15, -0.1) is 0 Å². The summed E-state index contributed by atoms with van der Waals surface area (Å²) in [5, 5.41) is 40.4. The zero-order valence-corrected chi connectivity index (χ0v) is 6.51. The van der Waals surface area contributed by atoms with Gasteiger partial charge in [0.15, 0.2) is 0 Å². The molecule has 12 heavy (non-hydrogen) atoms. The summed E-state index contributed by atoms with van der Waals surface area (Å²) < 4.78 is 0. The van der Waals surface area contributed by atoms with Crippen molar-refractivity contribution in [3.63, 3.8) is 0 Å². The van der Waals surface area contributed by atoms with Crippen molar-refractivity contribution in [2.75, 3.05) is 0 Å². The number of fused-ring (bicyclic) bond motifs is 2. The molecular weight excluding hydrogens is 162 g/mol. The first-order chi connectivity index (χ1) is 5.54. The minimum absolute atomic E-state index is 0.298. The maximum absolute atomic E-state index is 9.65. The number of hydrogen-bond acceptors (Lipinski definition) is 5. The average Bonchev–Trinajstić information content (AvgIpc) is 2.41. The van der Waals surface area contributed by atoms with E-state index in [-0.39, 0.29) is 6.04 Å². The highest BCUT2D eigenvalue weighted by Gasteiger charge is 2.55. The molecule has 0 radical (unpaired) electrons. The highest BCUT2D eigenvalue weighted by atomic mass is 16.4. The second-order valence-corrected chi connectivity index (χ2v) is 3.64. The van der Waals surface area contributed by atoms with E-state index in [0.717, 1.165) is 0 Å². The number of piperidine rings is 1. The lowest BCUT2D eigenvalue weighted by molar-refractivity contribution is -0.186. The molecule has 0 aliphatic carbocycles. The average molecular weight is 175 g/mol. The van der Waals surface area contributed by atoms with Crippen molar-refractivity contribution in [2.24, 2.45) is 0 Å². The third-order valence-corrected chi connectivity index (χ3v) is 2.85. The predicted molar refractivity (Wildman–Crippen MR) is 39.1 cm³/mol. The van der Waals surface area contributed by atoms with Crippen LogP contribution in [0.25, 0.3) is 0 Å². The first-order valence-electron chi connectivity index (χ1n) is 4.09. The van der Waals surface area contributed by atoms with Gasteiger partial charge in [0.2, 0.25) is 0 Å². The summed E-state index contributed by atoms with van der Waals surface area (Å²) in [6.07, 6.45) is -2.59. The highest BCUT2D eigenvalue weighted by Crippen LogP contribution is 2.34. The second kappa shape index (κ2) is 2.40. The monoisotopic (exact) mass is 175 g/mol. The Morgan fingerprint density at radius 2 is 1.83 bits per heavy atom. The summed E-state index contributed by atoms with van der Waals surface area (Å²) in [6, 6.07) is -0.298. The van der Waals surface area contributed by atoms with Crippen molar-refractivity contribution in [3.8, 4) is 0 Å².